The maximum atomic E-state index is 11.8. The van der Waals surface area contributed by atoms with E-state index in [1.54, 1.807) is 17.5 Å². The summed E-state index contributed by atoms with van der Waals surface area (Å²) in [6.45, 7) is 0.484. The third-order valence-electron chi connectivity index (χ3n) is 2.30. The Labute approximate surface area is 113 Å². The van der Waals surface area contributed by atoms with Crippen molar-refractivity contribution in [3.63, 3.8) is 0 Å². The molecule has 1 aromatic heterocycles. The molecular formula is C12H11ClN2O2S. The van der Waals surface area contributed by atoms with Crippen LogP contribution in [0.5, 0.6) is 5.75 Å². The molecule has 4 nitrogen and oxygen atoms in total. The fraction of sp³-hybridized carbons (Fsp3) is 0.167. The summed E-state index contributed by atoms with van der Waals surface area (Å²) in [5, 5.41) is 15.2. The average molecular weight is 283 g/mol. The van der Waals surface area contributed by atoms with Crippen molar-refractivity contribution in [3.8, 4) is 5.75 Å². The fourth-order valence-electron chi connectivity index (χ4n) is 1.44. The number of thiazole rings is 1. The van der Waals surface area contributed by atoms with E-state index in [4.69, 9.17) is 11.6 Å². The smallest absolute Gasteiger partial charge is 0.252 e. The number of hydrogen-bond donors (Lipinski definition) is 2. The summed E-state index contributed by atoms with van der Waals surface area (Å²) < 4.78 is 0. The van der Waals surface area contributed by atoms with Crippen molar-refractivity contribution in [2.75, 3.05) is 6.54 Å². The zero-order chi connectivity index (χ0) is 13.0. The van der Waals surface area contributed by atoms with Crippen LogP contribution in [-0.4, -0.2) is 22.5 Å². The van der Waals surface area contributed by atoms with Gasteiger partial charge in [-0.3, -0.25) is 4.79 Å². The Morgan fingerprint density at radius 3 is 3.06 bits per heavy atom. The van der Waals surface area contributed by atoms with E-state index in [-0.39, 0.29) is 17.2 Å². The van der Waals surface area contributed by atoms with Crippen LogP contribution in [0.2, 0.25) is 5.02 Å². The van der Waals surface area contributed by atoms with E-state index in [1.165, 1.54) is 18.2 Å². The molecule has 94 valence electrons. The van der Waals surface area contributed by atoms with E-state index in [2.05, 4.69) is 10.3 Å². The maximum absolute atomic E-state index is 11.8. The zero-order valence-corrected chi connectivity index (χ0v) is 11.0. The third-order valence-corrected chi connectivity index (χ3v) is 3.47. The number of carbonyl (C=O) groups excluding carboxylic acids is 1. The van der Waals surface area contributed by atoms with Crippen LogP contribution in [0.15, 0.2) is 29.8 Å². The minimum Gasteiger partial charge on any atom is -0.508 e. The lowest BCUT2D eigenvalue weighted by Crippen LogP contribution is -2.25. The van der Waals surface area contributed by atoms with Crippen LogP contribution < -0.4 is 5.32 Å². The molecule has 0 aliphatic carbocycles. The topological polar surface area (TPSA) is 62.2 Å². The van der Waals surface area contributed by atoms with Crippen molar-refractivity contribution in [2.45, 2.75) is 6.42 Å². The molecule has 2 aromatic rings. The quantitative estimate of drug-likeness (QED) is 0.905. The van der Waals surface area contributed by atoms with E-state index in [9.17, 15) is 9.90 Å². The predicted octanol–water partition coefficient (Wildman–Crippen LogP) is 2.47. The molecule has 0 saturated carbocycles. The van der Waals surface area contributed by atoms with Gasteiger partial charge in [0.15, 0.2) is 0 Å². The average Bonchev–Trinajstić information content (AvgIpc) is 2.85. The Morgan fingerprint density at radius 2 is 2.33 bits per heavy atom. The van der Waals surface area contributed by atoms with Crippen LogP contribution >= 0.6 is 22.9 Å². The number of nitrogens with zero attached hydrogens (tertiary/aromatic N) is 1. The summed E-state index contributed by atoms with van der Waals surface area (Å²) in [4.78, 5) is 15.9. The van der Waals surface area contributed by atoms with Gasteiger partial charge in [-0.2, -0.15) is 0 Å². The number of phenolic OH excluding ortho intramolecular Hbond substituents is 1. The second-order valence-corrected chi connectivity index (χ2v) is 4.98. The highest BCUT2D eigenvalue weighted by Gasteiger charge is 2.10. The fourth-order valence-corrected chi connectivity index (χ4v) is 2.27. The first-order valence-electron chi connectivity index (χ1n) is 5.32. The molecule has 0 spiro atoms. The summed E-state index contributed by atoms with van der Waals surface area (Å²) in [6.07, 6.45) is 2.41. The van der Waals surface area contributed by atoms with Gasteiger partial charge >= 0.3 is 0 Å². The molecule has 0 unspecified atom stereocenters. The molecule has 2 N–H and O–H groups in total. The Balaban J connectivity index is 1.93. The first-order valence-corrected chi connectivity index (χ1v) is 6.57. The zero-order valence-electron chi connectivity index (χ0n) is 9.39. The summed E-state index contributed by atoms with van der Waals surface area (Å²) in [5.41, 5.74) is 0.274. The van der Waals surface area contributed by atoms with Gasteiger partial charge in [-0.1, -0.05) is 11.6 Å². The number of rotatable bonds is 4. The van der Waals surface area contributed by atoms with Gasteiger partial charge in [-0.25, -0.2) is 4.98 Å². The van der Waals surface area contributed by atoms with Gasteiger partial charge < -0.3 is 10.4 Å². The number of aromatic nitrogens is 1. The molecular weight excluding hydrogens is 272 g/mol. The highest BCUT2D eigenvalue weighted by atomic mass is 35.5. The van der Waals surface area contributed by atoms with Crippen LogP contribution in [-0.2, 0) is 6.42 Å². The van der Waals surface area contributed by atoms with Crippen molar-refractivity contribution >= 4 is 28.8 Å². The van der Waals surface area contributed by atoms with Crippen LogP contribution in [0.3, 0.4) is 0 Å². The monoisotopic (exact) mass is 282 g/mol. The standard InChI is InChI=1S/C12H11ClN2O2S/c13-10-2-1-8(16)7-9(10)12(17)15-4-3-11-14-5-6-18-11/h1-2,5-7,16H,3-4H2,(H,15,17). The summed E-state index contributed by atoms with van der Waals surface area (Å²) in [7, 11) is 0. The molecule has 0 bridgehead atoms. The molecule has 1 heterocycles. The summed E-state index contributed by atoms with van der Waals surface area (Å²) in [6, 6.07) is 4.28. The number of amides is 1. The van der Waals surface area contributed by atoms with E-state index in [0.29, 0.717) is 18.0 Å². The number of aromatic hydroxyl groups is 1. The second kappa shape index (κ2) is 5.84. The molecule has 1 aromatic carbocycles. The Morgan fingerprint density at radius 1 is 1.50 bits per heavy atom. The van der Waals surface area contributed by atoms with Crippen LogP contribution in [0.4, 0.5) is 0 Å². The minimum absolute atomic E-state index is 0.0180. The molecule has 18 heavy (non-hydrogen) atoms. The third kappa shape index (κ3) is 3.21. The van der Waals surface area contributed by atoms with Gasteiger partial charge in [0.2, 0.25) is 0 Å². The van der Waals surface area contributed by atoms with Gasteiger partial charge in [0.25, 0.3) is 5.91 Å². The second-order valence-electron chi connectivity index (χ2n) is 3.60. The lowest BCUT2D eigenvalue weighted by atomic mass is 10.2. The molecule has 0 aliphatic heterocycles. The molecule has 0 saturated heterocycles. The largest absolute Gasteiger partial charge is 0.508 e. The molecule has 2 rings (SSSR count). The number of carbonyl (C=O) groups is 1. The van der Waals surface area contributed by atoms with Crippen molar-refractivity contribution < 1.29 is 9.90 Å². The summed E-state index contributed by atoms with van der Waals surface area (Å²) >= 11 is 7.43. The van der Waals surface area contributed by atoms with Crippen LogP contribution in [0, 0.1) is 0 Å². The van der Waals surface area contributed by atoms with E-state index < -0.39 is 0 Å². The maximum Gasteiger partial charge on any atom is 0.252 e. The number of halogens is 1. The molecule has 0 radical (unpaired) electrons. The van der Waals surface area contributed by atoms with Crippen molar-refractivity contribution in [1.82, 2.24) is 10.3 Å². The Hall–Kier alpha value is -1.59. The van der Waals surface area contributed by atoms with E-state index >= 15 is 0 Å². The molecule has 0 atom stereocenters. The van der Waals surface area contributed by atoms with Crippen LogP contribution in [0.1, 0.15) is 15.4 Å². The highest BCUT2D eigenvalue weighted by molar-refractivity contribution is 7.09. The first-order chi connectivity index (χ1) is 8.66. The lowest BCUT2D eigenvalue weighted by molar-refractivity contribution is 0.0954. The van der Waals surface area contributed by atoms with Crippen molar-refractivity contribution in [2.24, 2.45) is 0 Å². The summed E-state index contributed by atoms with van der Waals surface area (Å²) in [5.74, 6) is -0.281. The lowest BCUT2D eigenvalue weighted by Gasteiger charge is -2.06. The number of benzene rings is 1. The van der Waals surface area contributed by atoms with Crippen molar-refractivity contribution in [3.05, 3.63) is 45.4 Å². The number of hydrogen-bond acceptors (Lipinski definition) is 4. The molecule has 0 fully saturated rings. The van der Waals surface area contributed by atoms with Gasteiger partial charge in [-0.05, 0) is 18.2 Å². The van der Waals surface area contributed by atoms with E-state index in [0.717, 1.165) is 5.01 Å². The van der Waals surface area contributed by atoms with Crippen molar-refractivity contribution in [1.29, 1.82) is 0 Å². The molecule has 0 aliphatic rings. The number of nitrogens with one attached hydrogen (secondary N) is 1. The van der Waals surface area contributed by atoms with Crippen LogP contribution in [0.25, 0.3) is 0 Å². The predicted molar refractivity (Wildman–Crippen MR) is 71.3 cm³/mol. The number of phenols is 1. The first kappa shape index (κ1) is 12.9. The van der Waals surface area contributed by atoms with Gasteiger partial charge in [-0.15, -0.1) is 11.3 Å². The minimum atomic E-state index is -0.299. The van der Waals surface area contributed by atoms with Gasteiger partial charge in [0.1, 0.15) is 5.75 Å². The normalized spacial score (nSPS) is 10.3. The van der Waals surface area contributed by atoms with Gasteiger partial charge in [0, 0.05) is 24.5 Å². The SMILES string of the molecule is O=C(NCCc1nccs1)c1cc(O)ccc1Cl. The Kier molecular flexibility index (Phi) is 4.17. The molecule has 1 amide bonds. The Bertz CT molecular complexity index is 543. The van der Waals surface area contributed by atoms with Gasteiger partial charge in [0.05, 0.1) is 15.6 Å². The molecule has 6 heteroatoms. The highest BCUT2D eigenvalue weighted by Crippen LogP contribution is 2.20. The van der Waals surface area contributed by atoms with E-state index in [1.807, 2.05) is 5.38 Å².